The van der Waals surface area contributed by atoms with Crippen LogP contribution in [0.25, 0.3) is 0 Å². The zero-order valence-corrected chi connectivity index (χ0v) is 15.9. The fraction of sp³-hybridized carbons (Fsp3) is 0.950. The molecule has 3 heteroatoms. The first-order valence-corrected chi connectivity index (χ1v) is 9.89. The summed E-state index contributed by atoms with van der Waals surface area (Å²) in [6.07, 6.45) is 17.7. The minimum Gasteiger partial charge on any atom is -0.463 e. The van der Waals surface area contributed by atoms with Crippen molar-refractivity contribution in [1.82, 2.24) is 0 Å². The van der Waals surface area contributed by atoms with Crippen molar-refractivity contribution in [3.8, 4) is 0 Å². The quantitative estimate of drug-likeness (QED) is 0.241. The molecule has 23 heavy (non-hydrogen) atoms. The summed E-state index contributed by atoms with van der Waals surface area (Å²) in [6, 6.07) is 0. The lowest BCUT2D eigenvalue weighted by atomic mass is 10.0. The van der Waals surface area contributed by atoms with Crippen molar-refractivity contribution in [1.29, 1.82) is 0 Å². The lowest BCUT2D eigenvalue weighted by Crippen LogP contribution is -2.17. The Labute approximate surface area is 144 Å². The van der Waals surface area contributed by atoms with E-state index in [-0.39, 0.29) is 12.1 Å². The van der Waals surface area contributed by atoms with E-state index >= 15 is 0 Å². The van der Waals surface area contributed by atoms with Crippen LogP contribution in [0.1, 0.15) is 104 Å². The maximum Gasteiger partial charge on any atom is 0.305 e. The van der Waals surface area contributed by atoms with Crippen molar-refractivity contribution in [2.75, 3.05) is 13.7 Å². The summed E-state index contributed by atoms with van der Waals surface area (Å²) >= 11 is 0. The van der Waals surface area contributed by atoms with Gasteiger partial charge in [0.15, 0.2) is 0 Å². The van der Waals surface area contributed by atoms with Crippen LogP contribution in [0.5, 0.6) is 0 Å². The molecule has 0 spiro atoms. The SMILES string of the molecule is CCCCCCCCCCCCCCCC(=O)OCC(C)OC. The Bertz CT molecular complexity index is 253. The number of methoxy groups -OCH3 is 1. The third-order valence-electron chi connectivity index (χ3n) is 4.37. The summed E-state index contributed by atoms with van der Waals surface area (Å²) < 4.78 is 10.2. The second kappa shape index (κ2) is 17.8. The highest BCUT2D eigenvalue weighted by molar-refractivity contribution is 5.69. The summed E-state index contributed by atoms with van der Waals surface area (Å²) in [6.45, 7) is 4.54. The average Bonchev–Trinajstić information content (AvgIpc) is 2.56. The molecule has 0 amide bonds. The molecule has 3 nitrogen and oxygen atoms in total. The first kappa shape index (κ1) is 22.4. The lowest BCUT2D eigenvalue weighted by Gasteiger charge is -2.09. The minimum atomic E-state index is -0.0861. The van der Waals surface area contributed by atoms with E-state index in [0.29, 0.717) is 13.0 Å². The van der Waals surface area contributed by atoms with Gasteiger partial charge >= 0.3 is 5.97 Å². The van der Waals surface area contributed by atoms with Gasteiger partial charge < -0.3 is 9.47 Å². The van der Waals surface area contributed by atoms with Crippen molar-refractivity contribution < 1.29 is 14.3 Å². The Morgan fingerprint density at radius 2 is 1.22 bits per heavy atom. The zero-order chi connectivity index (χ0) is 17.2. The fourth-order valence-electron chi connectivity index (χ4n) is 2.64. The van der Waals surface area contributed by atoms with Crippen LogP contribution in [0.2, 0.25) is 0 Å². The summed E-state index contributed by atoms with van der Waals surface area (Å²) in [7, 11) is 1.63. The highest BCUT2D eigenvalue weighted by atomic mass is 16.6. The first-order chi connectivity index (χ1) is 11.2. The van der Waals surface area contributed by atoms with Crippen molar-refractivity contribution in [3.05, 3.63) is 0 Å². The van der Waals surface area contributed by atoms with E-state index in [0.717, 1.165) is 12.8 Å². The average molecular weight is 329 g/mol. The van der Waals surface area contributed by atoms with Gasteiger partial charge in [0, 0.05) is 13.5 Å². The summed E-state index contributed by atoms with van der Waals surface area (Å²) in [5.74, 6) is -0.0861. The molecule has 0 aromatic heterocycles. The third kappa shape index (κ3) is 17.6. The molecule has 0 aliphatic carbocycles. The maximum atomic E-state index is 11.5. The Morgan fingerprint density at radius 1 is 0.783 bits per heavy atom. The fourth-order valence-corrected chi connectivity index (χ4v) is 2.64. The number of unbranched alkanes of at least 4 members (excludes halogenated alkanes) is 12. The molecule has 0 bridgehead atoms. The molecule has 0 heterocycles. The van der Waals surface area contributed by atoms with Crippen LogP contribution in [0.15, 0.2) is 0 Å². The summed E-state index contributed by atoms with van der Waals surface area (Å²) in [4.78, 5) is 11.5. The second-order valence-electron chi connectivity index (χ2n) is 6.72. The highest BCUT2D eigenvalue weighted by Gasteiger charge is 2.05. The second-order valence-corrected chi connectivity index (χ2v) is 6.72. The Kier molecular flexibility index (Phi) is 17.3. The number of hydrogen-bond donors (Lipinski definition) is 0. The van der Waals surface area contributed by atoms with Gasteiger partial charge in [-0.1, -0.05) is 84.0 Å². The molecule has 0 aliphatic rings. The van der Waals surface area contributed by atoms with Crippen LogP contribution < -0.4 is 0 Å². The van der Waals surface area contributed by atoms with Crippen LogP contribution in [0.4, 0.5) is 0 Å². The number of rotatable bonds is 17. The van der Waals surface area contributed by atoms with E-state index in [9.17, 15) is 4.79 Å². The largest absolute Gasteiger partial charge is 0.463 e. The molecule has 1 atom stereocenters. The molecule has 0 aromatic rings. The molecular weight excluding hydrogens is 288 g/mol. The van der Waals surface area contributed by atoms with Crippen molar-refractivity contribution in [2.45, 2.75) is 110 Å². The smallest absolute Gasteiger partial charge is 0.305 e. The molecule has 0 rings (SSSR count). The van der Waals surface area contributed by atoms with Gasteiger partial charge in [-0.2, -0.15) is 0 Å². The van der Waals surface area contributed by atoms with Crippen LogP contribution in [-0.2, 0) is 14.3 Å². The molecule has 0 saturated heterocycles. The minimum absolute atomic E-state index is 0.00871. The van der Waals surface area contributed by atoms with Gasteiger partial charge in [-0.05, 0) is 13.3 Å². The Balaban J connectivity index is 3.14. The topological polar surface area (TPSA) is 35.5 Å². The van der Waals surface area contributed by atoms with E-state index in [1.54, 1.807) is 7.11 Å². The van der Waals surface area contributed by atoms with Crippen molar-refractivity contribution >= 4 is 5.97 Å². The Morgan fingerprint density at radius 3 is 1.65 bits per heavy atom. The third-order valence-corrected chi connectivity index (χ3v) is 4.37. The number of esters is 1. The van der Waals surface area contributed by atoms with E-state index < -0.39 is 0 Å². The van der Waals surface area contributed by atoms with Crippen LogP contribution in [0, 0.1) is 0 Å². The van der Waals surface area contributed by atoms with E-state index in [4.69, 9.17) is 9.47 Å². The van der Waals surface area contributed by atoms with Crippen LogP contribution >= 0.6 is 0 Å². The first-order valence-electron chi connectivity index (χ1n) is 9.89. The predicted octanol–water partition coefficient (Wildman–Crippen LogP) is 6.05. The van der Waals surface area contributed by atoms with Gasteiger partial charge in [0.2, 0.25) is 0 Å². The lowest BCUT2D eigenvalue weighted by molar-refractivity contribution is -0.147. The van der Waals surface area contributed by atoms with E-state index in [1.165, 1.54) is 70.6 Å². The molecular formula is C20H40O3. The monoisotopic (exact) mass is 328 g/mol. The van der Waals surface area contributed by atoms with Gasteiger partial charge in [-0.25, -0.2) is 0 Å². The molecule has 0 saturated carbocycles. The van der Waals surface area contributed by atoms with Gasteiger partial charge in [0.05, 0.1) is 6.10 Å². The number of ether oxygens (including phenoxy) is 2. The summed E-state index contributed by atoms with van der Waals surface area (Å²) in [5, 5.41) is 0. The molecule has 0 aromatic carbocycles. The number of hydrogen-bond acceptors (Lipinski definition) is 3. The van der Waals surface area contributed by atoms with Crippen LogP contribution in [0.3, 0.4) is 0 Å². The molecule has 1 unspecified atom stereocenters. The molecule has 0 fully saturated rings. The number of carbonyl (C=O) groups excluding carboxylic acids is 1. The van der Waals surface area contributed by atoms with Gasteiger partial charge in [0.1, 0.15) is 6.61 Å². The molecule has 0 N–H and O–H groups in total. The van der Waals surface area contributed by atoms with Crippen molar-refractivity contribution in [2.24, 2.45) is 0 Å². The van der Waals surface area contributed by atoms with Gasteiger partial charge in [0.25, 0.3) is 0 Å². The van der Waals surface area contributed by atoms with Gasteiger partial charge in [-0.15, -0.1) is 0 Å². The normalized spacial score (nSPS) is 12.3. The molecule has 0 radical (unpaired) electrons. The van der Waals surface area contributed by atoms with Crippen molar-refractivity contribution in [3.63, 3.8) is 0 Å². The maximum absolute atomic E-state index is 11.5. The standard InChI is InChI=1S/C20H40O3/c1-4-5-6-7-8-9-10-11-12-13-14-15-16-17-20(21)23-18-19(2)22-3/h19H,4-18H2,1-3H3. The van der Waals surface area contributed by atoms with Crippen LogP contribution in [-0.4, -0.2) is 25.8 Å². The zero-order valence-electron chi connectivity index (χ0n) is 15.9. The highest BCUT2D eigenvalue weighted by Crippen LogP contribution is 2.13. The van der Waals surface area contributed by atoms with E-state index in [1.807, 2.05) is 6.92 Å². The summed E-state index contributed by atoms with van der Waals surface area (Å²) in [5.41, 5.74) is 0. The molecule has 138 valence electrons. The predicted molar refractivity (Wildman–Crippen MR) is 97.7 cm³/mol. The molecule has 0 aliphatic heterocycles. The van der Waals surface area contributed by atoms with E-state index in [2.05, 4.69) is 6.92 Å². The number of carbonyl (C=O) groups is 1. The van der Waals surface area contributed by atoms with Gasteiger partial charge in [-0.3, -0.25) is 4.79 Å². The Hall–Kier alpha value is -0.570.